The van der Waals surface area contributed by atoms with Gasteiger partial charge in [0.1, 0.15) is 5.84 Å². The van der Waals surface area contributed by atoms with E-state index >= 15 is 0 Å². The Hall–Kier alpha value is -1.55. The van der Waals surface area contributed by atoms with Crippen molar-refractivity contribution in [2.75, 3.05) is 32.0 Å². The zero-order valence-corrected chi connectivity index (χ0v) is 8.57. The number of benzene rings is 1. The van der Waals surface area contributed by atoms with Crippen LogP contribution < -0.4 is 5.73 Å². The number of amidine groups is 1. The molecule has 80 valence electrons. The third-order valence-corrected chi connectivity index (χ3v) is 2.54. The number of nitrogen functional groups attached to an aromatic ring is 1. The summed E-state index contributed by atoms with van der Waals surface area (Å²) in [4.78, 5) is 2.00. The molecule has 1 heterocycles. The first kappa shape index (κ1) is 9.98. The summed E-state index contributed by atoms with van der Waals surface area (Å²) < 4.78 is 5.25. The van der Waals surface area contributed by atoms with E-state index in [1.807, 2.05) is 29.2 Å². The highest BCUT2D eigenvalue weighted by molar-refractivity contribution is 6.00. The minimum Gasteiger partial charge on any atom is -0.398 e. The van der Waals surface area contributed by atoms with Crippen molar-refractivity contribution in [1.29, 1.82) is 5.41 Å². The van der Waals surface area contributed by atoms with Gasteiger partial charge in [0.05, 0.1) is 13.2 Å². The number of para-hydroxylation sites is 1. The summed E-state index contributed by atoms with van der Waals surface area (Å²) in [6.45, 7) is 2.92. The molecule has 0 aliphatic carbocycles. The molecule has 2 rings (SSSR count). The SMILES string of the molecule is N=C(c1ccccc1N)N1CCOCC1. The highest BCUT2D eigenvalue weighted by atomic mass is 16.5. The molecule has 0 spiro atoms. The molecule has 0 aromatic heterocycles. The molecule has 15 heavy (non-hydrogen) atoms. The summed E-state index contributed by atoms with van der Waals surface area (Å²) in [6, 6.07) is 7.49. The molecule has 0 bridgehead atoms. The monoisotopic (exact) mass is 205 g/mol. The lowest BCUT2D eigenvalue weighted by Crippen LogP contribution is -2.40. The summed E-state index contributed by atoms with van der Waals surface area (Å²) in [6.07, 6.45) is 0. The van der Waals surface area contributed by atoms with Crippen LogP contribution in [0.2, 0.25) is 0 Å². The minimum absolute atomic E-state index is 0.497. The average molecular weight is 205 g/mol. The van der Waals surface area contributed by atoms with Gasteiger partial charge in [0.2, 0.25) is 0 Å². The number of nitrogens with zero attached hydrogens (tertiary/aromatic N) is 1. The number of morpholine rings is 1. The Balaban J connectivity index is 2.16. The van der Waals surface area contributed by atoms with Gasteiger partial charge in [-0.3, -0.25) is 5.41 Å². The van der Waals surface area contributed by atoms with Crippen LogP contribution >= 0.6 is 0 Å². The fraction of sp³-hybridized carbons (Fsp3) is 0.364. The van der Waals surface area contributed by atoms with E-state index in [4.69, 9.17) is 15.9 Å². The van der Waals surface area contributed by atoms with Crippen molar-refractivity contribution >= 4 is 11.5 Å². The molecule has 0 atom stereocenters. The predicted molar refractivity (Wildman–Crippen MR) is 60.1 cm³/mol. The number of rotatable bonds is 1. The normalized spacial score (nSPS) is 16.4. The van der Waals surface area contributed by atoms with Crippen LogP contribution in [0, 0.1) is 5.41 Å². The number of nitrogens with one attached hydrogen (secondary N) is 1. The summed E-state index contributed by atoms with van der Waals surface area (Å²) >= 11 is 0. The van der Waals surface area contributed by atoms with Crippen LogP contribution in [0.25, 0.3) is 0 Å². The third-order valence-electron chi connectivity index (χ3n) is 2.54. The Bertz CT molecular complexity index is 359. The lowest BCUT2D eigenvalue weighted by atomic mass is 10.1. The van der Waals surface area contributed by atoms with Crippen LogP contribution in [0.1, 0.15) is 5.56 Å². The van der Waals surface area contributed by atoms with E-state index in [-0.39, 0.29) is 0 Å². The second kappa shape index (κ2) is 4.31. The molecule has 0 unspecified atom stereocenters. The molecule has 0 radical (unpaired) electrons. The highest BCUT2D eigenvalue weighted by Gasteiger charge is 2.16. The molecule has 0 saturated carbocycles. The number of hydrogen-bond acceptors (Lipinski definition) is 3. The largest absolute Gasteiger partial charge is 0.398 e. The molecule has 3 N–H and O–H groups in total. The first-order valence-electron chi connectivity index (χ1n) is 5.05. The lowest BCUT2D eigenvalue weighted by molar-refractivity contribution is 0.0680. The Morgan fingerprint density at radius 2 is 1.93 bits per heavy atom. The van der Waals surface area contributed by atoms with Crippen molar-refractivity contribution < 1.29 is 4.74 Å². The van der Waals surface area contributed by atoms with Crippen LogP contribution in [-0.2, 0) is 4.74 Å². The van der Waals surface area contributed by atoms with Gasteiger partial charge in [-0.25, -0.2) is 0 Å². The van der Waals surface area contributed by atoms with Crippen LogP contribution in [0.3, 0.4) is 0 Å². The van der Waals surface area contributed by atoms with Crippen LogP contribution in [0.15, 0.2) is 24.3 Å². The topological polar surface area (TPSA) is 62.3 Å². The molecule has 1 aliphatic rings. The standard InChI is InChI=1S/C11H15N3O/c12-10-4-2-1-3-9(10)11(13)14-5-7-15-8-6-14/h1-4,13H,5-8,12H2. The molecule has 1 aromatic rings. The second-order valence-electron chi connectivity index (χ2n) is 3.54. The van der Waals surface area contributed by atoms with Gasteiger partial charge in [0, 0.05) is 24.3 Å². The number of nitrogens with two attached hydrogens (primary N) is 1. The molecule has 4 heteroatoms. The molecule has 1 saturated heterocycles. The zero-order chi connectivity index (χ0) is 10.7. The van der Waals surface area contributed by atoms with Crippen molar-refractivity contribution in [3.05, 3.63) is 29.8 Å². The first-order valence-corrected chi connectivity index (χ1v) is 5.05. The fourth-order valence-electron chi connectivity index (χ4n) is 1.67. The molecule has 0 amide bonds. The molecular formula is C11H15N3O. The maximum Gasteiger partial charge on any atom is 0.130 e. The second-order valence-corrected chi connectivity index (χ2v) is 3.54. The molecule has 1 aromatic carbocycles. The van der Waals surface area contributed by atoms with E-state index < -0.39 is 0 Å². The number of ether oxygens (including phenoxy) is 1. The smallest absolute Gasteiger partial charge is 0.130 e. The Morgan fingerprint density at radius 1 is 1.27 bits per heavy atom. The maximum absolute atomic E-state index is 8.06. The van der Waals surface area contributed by atoms with E-state index in [0.717, 1.165) is 18.7 Å². The van der Waals surface area contributed by atoms with E-state index in [2.05, 4.69) is 0 Å². The van der Waals surface area contributed by atoms with E-state index in [1.165, 1.54) is 0 Å². The Morgan fingerprint density at radius 3 is 2.60 bits per heavy atom. The van der Waals surface area contributed by atoms with Gasteiger partial charge in [-0.15, -0.1) is 0 Å². The van der Waals surface area contributed by atoms with Crippen molar-refractivity contribution in [1.82, 2.24) is 4.90 Å². The fourth-order valence-corrected chi connectivity index (χ4v) is 1.67. The van der Waals surface area contributed by atoms with Gasteiger partial charge in [-0.05, 0) is 12.1 Å². The van der Waals surface area contributed by atoms with Crippen LogP contribution in [-0.4, -0.2) is 37.0 Å². The van der Waals surface area contributed by atoms with Crippen LogP contribution in [0.5, 0.6) is 0 Å². The maximum atomic E-state index is 8.06. The highest BCUT2D eigenvalue weighted by Crippen LogP contribution is 2.14. The van der Waals surface area contributed by atoms with Crippen molar-refractivity contribution in [3.8, 4) is 0 Å². The van der Waals surface area contributed by atoms with Gasteiger partial charge >= 0.3 is 0 Å². The Labute approximate surface area is 89.1 Å². The number of anilines is 1. The predicted octanol–water partition coefficient (Wildman–Crippen LogP) is 0.926. The van der Waals surface area contributed by atoms with Crippen LogP contribution in [0.4, 0.5) is 5.69 Å². The zero-order valence-electron chi connectivity index (χ0n) is 8.57. The molecule has 1 aliphatic heterocycles. The molecule has 1 fully saturated rings. The van der Waals surface area contributed by atoms with E-state index in [0.29, 0.717) is 24.7 Å². The van der Waals surface area contributed by atoms with E-state index in [1.54, 1.807) is 0 Å². The van der Waals surface area contributed by atoms with Gasteiger partial charge in [0.25, 0.3) is 0 Å². The van der Waals surface area contributed by atoms with Gasteiger partial charge in [-0.2, -0.15) is 0 Å². The summed E-state index contributed by atoms with van der Waals surface area (Å²) in [5.74, 6) is 0.497. The molecule has 4 nitrogen and oxygen atoms in total. The Kier molecular flexibility index (Phi) is 2.87. The number of hydrogen-bond donors (Lipinski definition) is 2. The van der Waals surface area contributed by atoms with E-state index in [9.17, 15) is 0 Å². The first-order chi connectivity index (χ1) is 7.29. The third kappa shape index (κ3) is 2.10. The quantitative estimate of drug-likeness (QED) is 0.407. The van der Waals surface area contributed by atoms with Gasteiger partial charge < -0.3 is 15.4 Å². The van der Waals surface area contributed by atoms with Crippen molar-refractivity contribution in [3.63, 3.8) is 0 Å². The summed E-state index contributed by atoms with van der Waals surface area (Å²) in [5, 5.41) is 8.06. The summed E-state index contributed by atoms with van der Waals surface area (Å²) in [5.41, 5.74) is 7.30. The summed E-state index contributed by atoms with van der Waals surface area (Å²) in [7, 11) is 0. The van der Waals surface area contributed by atoms with Crippen molar-refractivity contribution in [2.45, 2.75) is 0 Å². The lowest BCUT2D eigenvalue weighted by Gasteiger charge is -2.29. The minimum atomic E-state index is 0.497. The van der Waals surface area contributed by atoms with Gasteiger partial charge in [0.15, 0.2) is 0 Å². The van der Waals surface area contributed by atoms with Crippen molar-refractivity contribution in [2.24, 2.45) is 0 Å². The molecular weight excluding hydrogens is 190 g/mol. The van der Waals surface area contributed by atoms with Gasteiger partial charge in [-0.1, -0.05) is 12.1 Å². The average Bonchev–Trinajstić information content (AvgIpc) is 2.30.